The molecule has 27 heavy (non-hydrogen) atoms. The van der Waals surface area contributed by atoms with Crippen LogP contribution in [0.1, 0.15) is 43.0 Å². The number of hydrogen-bond acceptors (Lipinski definition) is 4. The molecule has 3 rings (SSSR count). The maximum Gasteiger partial charge on any atom is 0.340 e. The van der Waals surface area contributed by atoms with E-state index in [9.17, 15) is 14.4 Å². The first kappa shape index (κ1) is 18.9. The molecule has 2 atom stereocenters. The average Bonchev–Trinajstić information content (AvgIpc) is 2.99. The maximum absolute atomic E-state index is 12.3. The van der Waals surface area contributed by atoms with Crippen molar-refractivity contribution >= 4 is 28.8 Å². The minimum Gasteiger partial charge on any atom is -0.452 e. The molecule has 0 unspecified atom stereocenters. The van der Waals surface area contributed by atoms with Crippen LogP contribution in [-0.2, 0) is 16.6 Å². The third-order valence-electron chi connectivity index (χ3n) is 5.13. The molecule has 7 nitrogen and oxygen atoms in total. The highest BCUT2D eigenvalue weighted by Gasteiger charge is 2.23. The Morgan fingerprint density at radius 1 is 1.19 bits per heavy atom. The van der Waals surface area contributed by atoms with Gasteiger partial charge in [0.1, 0.15) is 0 Å². The molecule has 1 aromatic carbocycles. The zero-order valence-corrected chi connectivity index (χ0v) is 15.7. The van der Waals surface area contributed by atoms with Gasteiger partial charge in [-0.2, -0.15) is 0 Å². The fourth-order valence-corrected chi connectivity index (χ4v) is 3.61. The Kier molecular flexibility index (Phi) is 5.78. The smallest absolute Gasteiger partial charge is 0.340 e. The van der Waals surface area contributed by atoms with Crippen molar-refractivity contribution in [1.82, 2.24) is 15.2 Å². The molecule has 0 spiro atoms. The Hall–Kier alpha value is -2.83. The molecular weight excluding hydrogens is 346 g/mol. The number of nitrogens with one attached hydrogen (secondary N) is 2. The summed E-state index contributed by atoms with van der Waals surface area (Å²) in [5, 5.41) is 5.82. The minimum absolute atomic E-state index is 0.0739. The number of fused-ring (bicyclic) bond motifs is 1. The highest BCUT2D eigenvalue weighted by atomic mass is 16.5. The Bertz CT molecular complexity index is 858. The maximum atomic E-state index is 12.3. The van der Waals surface area contributed by atoms with Gasteiger partial charge in [0, 0.05) is 30.2 Å². The van der Waals surface area contributed by atoms with Crippen LogP contribution in [0.3, 0.4) is 0 Å². The predicted molar refractivity (Wildman–Crippen MR) is 101 cm³/mol. The highest BCUT2D eigenvalue weighted by Crippen LogP contribution is 2.23. The molecule has 3 amide bonds. The summed E-state index contributed by atoms with van der Waals surface area (Å²) in [5.74, 6) is -0.850. The van der Waals surface area contributed by atoms with Crippen LogP contribution >= 0.6 is 0 Å². The molecule has 0 saturated heterocycles. The molecule has 144 valence electrons. The Balaban J connectivity index is 1.51. The van der Waals surface area contributed by atoms with Crippen molar-refractivity contribution in [3.63, 3.8) is 0 Å². The molecule has 1 aliphatic rings. The fraction of sp³-hybridized carbons (Fsp3) is 0.450. The molecule has 2 N–H and O–H groups in total. The van der Waals surface area contributed by atoms with Crippen LogP contribution in [0.5, 0.6) is 0 Å². The summed E-state index contributed by atoms with van der Waals surface area (Å²) in [6.07, 6.45) is 5.90. The van der Waals surface area contributed by atoms with Gasteiger partial charge in [0.2, 0.25) is 0 Å². The number of benzene rings is 1. The Morgan fingerprint density at radius 3 is 2.70 bits per heavy atom. The highest BCUT2D eigenvalue weighted by molar-refractivity contribution is 6.05. The van der Waals surface area contributed by atoms with Gasteiger partial charge in [0.05, 0.1) is 5.56 Å². The van der Waals surface area contributed by atoms with Crippen LogP contribution in [0.25, 0.3) is 10.9 Å². The van der Waals surface area contributed by atoms with E-state index in [1.165, 1.54) is 6.42 Å². The second kappa shape index (κ2) is 8.24. The standard InChI is InChI=1S/C20H25N3O4/c1-13-7-3-5-9-16(13)21-20(26)22-18(24)12-27-19(25)15-11-23(2)17-10-6-4-8-14(15)17/h4,6,8,10-11,13,16H,3,5,7,9,12H2,1-2H3,(H2,21,22,24,26)/t13-,16+/m0/s1. The summed E-state index contributed by atoms with van der Waals surface area (Å²) in [7, 11) is 1.84. The molecule has 1 aliphatic carbocycles. The van der Waals surface area contributed by atoms with Crippen LogP contribution in [0.2, 0.25) is 0 Å². The largest absolute Gasteiger partial charge is 0.452 e. The van der Waals surface area contributed by atoms with Crippen molar-refractivity contribution in [2.75, 3.05) is 6.61 Å². The number of aromatic nitrogens is 1. The van der Waals surface area contributed by atoms with Gasteiger partial charge in [-0.25, -0.2) is 9.59 Å². The van der Waals surface area contributed by atoms with Gasteiger partial charge in [-0.15, -0.1) is 0 Å². The number of urea groups is 1. The molecule has 0 radical (unpaired) electrons. The summed E-state index contributed by atoms with van der Waals surface area (Å²) in [6.45, 7) is 1.59. The van der Waals surface area contributed by atoms with Crippen LogP contribution in [-0.4, -0.2) is 35.1 Å². The number of carbonyl (C=O) groups excluding carboxylic acids is 3. The monoisotopic (exact) mass is 371 g/mol. The van der Waals surface area contributed by atoms with E-state index in [1.54, 1.807) is 6.20 Å². The van der Waals surface area contributed by atoms with Crippen molar-refractivity contribution in [2.45, 2.75) is 38.6 Å². The molecule has 1 heterocycles. The summed E-state index contributed by atoms with van der Waals surface area (Å²) in [6, 6.07) is 6.98. The number of carbonyl (C=O) groups is 3. The average molecular weight is 371 g/mol. The van der Waals surface area contributed by atoms with E-state index in [1.807, 2.05) is 35.9 Å². The van der Waals surface area contributed by atoms with Gasteiger partial charge in [0.15, 0.2) is 6.61 Å². The first-order valence-corrected chi connectivity index (χ1v) is 9.27. The lowest BCUT2D eigenvalue weighted by molar-refractivity contribution is -0.123. The summed E-state index contributed by atoms with van der Waals surface area (Å²) in [4.78, 5) is 36.2. The molecule has 0 aliphatic heterocycles. The van der Waals surface area contributed by atoms with E-state index >= 15 is 0 Å². The van der Waals surface area contributed by atoms with Gasteiger partial charge in [-0.1, -0.05) is 38.0 Å². The lowest BCUT2D eigenvalue weighted by Gasteiger charge is -2.29. The second-order valence-corrected chi connectivity index (χ2v) is 7.14. The SMILES string of the molecule is C[C@H]1CCCC[C@H]1NC(=O)NC(=O)COC(=O)c1cn(C)c2ccccc12. The van der Waals surface area contributed by atoms with Gasteiger partial charge in [0.25, 0.3) is 5.91 Å². The van der Waals surface area contributed by atoms with Crippen molar-refractivity contribution in [3.05, 3.63) is 36.0 Å². The second-order valence-electron chi connectivity index (χ2n) is 7.14. The van der Waals surface area contributed by atoms with Gasteiger partial charge in [-0.3, -0.25) is 10.1 Å². The zero-order chi connectivity index (χ0) is 19.4. The number of amides is 3. The third kappa shape index (κ3) is 4.48. The van der Waals surface area contributed by atoms with E-state index in [0.717, 1.165) is 30.2 Å². The van der Waals surface area contributed by atoms with E-state index in [4.69, 9.17) is 4.74 Å². The third-order valence-corrected chi connectivity index (χ3v) is 5.13. The number of nitrogens with zero attached hydrogens (tertiary/aromatic N) is 1. The van der Waals surface area contributed by atoms with Gasteiger partial charge < -0.3 is 14.6 Å². The van der Waals surface area contributed by atoms with Crippen LogP contribution < -0.4 is 10.6 Å². The number of esters is 1. The van der Waals surface area contributed by atoms with E-state index in [2.05, 4.69) is 17.6 Å². The number of aryl methyl sites for hydroxylation is 1. The van der Waals surface area contributed by atoms with Crippen molar-refractivity contribution < 1.29 is 19.1 Å². The molecule has 2 aromatic rings. The number of rotatable bonds is 4. The summed E-state index contributed by atoms with van der Waals surface area (Å²) >= 11 is 0. The summed E-state index contributed by atoms with van der Waals surface area (Å²) in [5.41, 5.74) is 1.29. The lowest BCUT2D eigenvalue weighted by Crippen LogP contribution is -2.48. The number of imide groups is 1. The molecule has 1 fully saturated rings. The number of para-hydroxylation sites is 1. The van der Waals surface area contributed by atoms with Crippen LogP contribution in [0, 0.1) is 5.92 Å². The molecule has 7 heteroatoms. The fourth-order valence-electron chi connectivity index (χ4n) is 3.61. The number of hydrogen-bond donors (Lipinski definition) is 2. The topological polar surface area (TPSA) is 89.4 Å². The van der Waals surface area contributed by atoms with Crippen molar-refractivity contribution in [2.24, 2.45) is 13.0 Å². The number of ether oxygens (including phenoxy) is 1. The normalized spacial score (nSPS) is 19.5. The van der Waals surface area contributed by atoms with E-state index < -0.39 is 24.5 Å². The van der Waals surface area contributed by atoms with Crippen LogP contribution in [0.4, 0.5) is 4.79 Å². The predicted octanol–water partition coefficient (Wildman–Crippen LogP) is 2.74. The molecular formula is C20H25N3O4. The summed E-state index contributed by atoms with van der Waals surface area (Å²) < 4.78 is 6.90. The minimum atomic E-state index is -0.649. The molecule has 1 aromatic heterocycles. The zero-order valence-electron chi connectivity index (χ0n) is 15.7. The first-order valence-electron chi connectivity index (χ1n) is 9.27. The van der Waals surface area contributed by atoms with Crippen molar-refractivity contribution in [1.29, 1.82) is 0 Å². The van der Waals surface area contributed by atoms with Gasteiger partial charge >= 0.3 is 12.0 Å². The lowest BCUT2D eigenvalue weighted by atomic mass is 9.86. The quantitative estimate of drug-likeness (QED) is 0.809. The van der Waals surface area contributed by atoms with Crippen molar-refractivity contribution in [3.8, 4) is 0 Å². The Morgan fingerprint density at radius 2 is 1.93 bits per heavy atom. The molecule has 0 bridgehead atoms. The Labute approximate surface area is 158 Å². The van der Waals surface area contributed by atoms with Gasteiger partial charge in [-0.05, 0) is 24.8 Å². The molecule has 1 saturated carbocycles. The first-order chi connectivity index (χ1) is 13.0. The van der Waals surface area contributed by atoms with E-state index in [0.29, 0.717) is 11.5 Å². The van der Waals surface area contributed by atoms with Crippen LogP contribution in [0.15, 0.2) is 30.5 Å². The van der Waals surface area contributed by atoms with E-state index in [-0.39, 0.29) is 6.04 Å².